The van der Waals surface area contributed by atoms with Crippen LogP contribution in [-0.2, 0) is 4.79 Å². The molecule has 1 aromatic carbocycles. The molecule has 1 atom stereocenters. The third kappa shape index (κ3) is 4.09. The van der Waals surface area contributed by atoms with E-state index >= 15 is 0 Å². The fraction of sp³-hybridized carbons (Fsp3) is 0.579. The first kappa shape index (κ1) is 18.5. The summed E-state index contributed by atoms with van der Waals surface area (Å²) < 4.78 is 5.20. The monoisotopic (exact) mass is 360 g/mol. The van der Waals surface area contributed by atoms with Gasteiger partial charge in [0.25, 0.3) is 5.91 Å². The molecule has 0 saturated carbocycles. The molecule has 0 bridgehead atoms. The first-order valence-electron chi connectivity index (χ1n) is 9.21. The molecule has 0 radical (unpaired) electrons. The minimum absolute atomic E-state index is 0.0960. The first-order chi connectivity index (χ1) is 12.5. The molecule has 2 fully saturated rings. The molecular formula is C19H28N4O3. The van der Waals surface area contributed by atoms with Gasteiger partial charge < -0.3 is 15.0 Å². The van der Waals surface area contributed by atoms with Crippen molar-refractivity contribution in [3.05, 3.63) is 24.3 Å². The van der Waals surface area contributed by atoms with Gasteiger partial charge in [0, 0.05) is 31.9 Å². The number of methoxy groups -OCH3 is 1. The van der Waals surface area contributed by atoms with Gasteiger partial charge in [-0.2, -0.15) is 0 Å². The van der Waals surface area contributed by atoms with Crippen molar-refractivity contribution in [2.45, 2.75) is 26.3 Å². The lowest BCUT2D eigenvalue weighted by Crippen LogP contribution is -2.51. The molecular weight excluding hydrogens is 332 g/mol. The van der Waals surface area contributed by atoms with E-state index in [1.807, 2.05) is 12.1 Å². The zero-order valence-corrected chi connectivity index (χ0v) is 15.8. The molecule has 26 heavy (non-hydrogen) atoms. The van der Waals surface area contributed by atoms with E-state index in [4.69, 9.17) is 4.74 Å². The topological polar surface area (TPSA) is 65.1 Å². The Kier molecular flexibility index (Phi) is 5.66. The largest absolute Gasteiger partial charge is 0.497 e. The summed E-state index contributed by atoms with van der Waals surface area (Å²) in [4.78, 5) is 30.4. The Morgan fingerprint density at radius 3 is 2.35 bits per heavy atom. The molecule has 142 valence electrons. The Bertz CT molecular complexity index is 639. The van der Waals surface area contributed by atoms with Gasteiger partial charge in [-0.25, -0.2) is 9.69 Å². The number of rotatable bonds is 6. The maximum Gasteiger partial charge on any atom is 0.325 e. The van der Waals surface area contributed by atoms with Crippen molar-refractivity contribution < 1.29 is 14.3 Å². The van der Waals surface area contributed by atoms with Crippen LogP contribution in [0.3, 0.4) is 0 Å². The Morgan fingerprint density at radius 2 is 1.77 bits per heavy atom. The first-order valence-corrected chi connectivity index (χ1v) is 9.21. The Hall–Kier alpha value is -2.28. The molecule has 0 aromatic heterocycles. The highest BCUT2D eigenvalue weighted by Crippen LogP contribution is 2.21. The molecule has 3 rings (SSSR count). The van der Waals surface area contributed by atoms with E-state index in [1.54, 1.807) is 7.11 Å². The van der Waals surface area contributed by atoms with Gasteiger partial charge in [-0.3, -0.25) is 9.69 Å². The zero-order valence-electron chi connectivity index (χ0n) is 15.8. The number of ether oxygens (including phenoxy) is 1. The normalized spacial score (nSPS) is 21.5. The molecule has 7 nitrogen and oxygen atoms in total. The van der Waals surface area contributed by atoms with Gasteiger partial charge in [-0.15, -0.1) is 0 Å². The van der Waals surface area contributed by atoms with E-state index in [2.05, 4.69) is 41.1 Å². The summed E-state index contributed by atoms with van der Waals surface area (Å²) in [5, 5.41) is 2.81. The number of piperazine rings is 1. The van der Waals surface area contributed by atoms with Crippen molar-refractivity contribution in [3.63, 3.8) is 0 Å². The lowest BCUT2D eigenvalue weighted by molar-refractivity contribution is -0.129. The van der Waals surface area contributed by atoms with Crippen LogP contribution >= 0.6 is 0 Å². The molecule has 2 aliphatic heterocycles. The molecule has 7 heteroatoms. The minimum atomic E-state index is -0.372. The van der Waals surface area contributed by atoms with Gasteiger partial charge in [-0.1, -0.05) is 13.8 Å². The lowest BCUT2D eigenvalue weighted by Gasteiger charge is -2.37. The van der Waals surface area contributed by atoms with Crippen molar-refractivity contribution in [1.82, 2.24) is 15.1 Å². The summed E-state index contributed by atoms with van der Waals surface area (Å²) in [7, 11) is 1.66. The smallest absolute Gasteiger partial charge is 0.325 e. The highest BCUT2D eigenvalue weighted by Gasteiger charge is 2.39. The van der Waals surface area contributed by atoms with Crippen LogP contribution in [-0.4, -0.2) is 67.7 Å². The van der Waals surface area contributed by atoms with Gasteiger partial charge in [0.1, 0.15) is 11.8 Å². The van der Waals surface area contributed by atoms with Crippen LogP contribution in [0.15, 0.2) is 24.3 Å². The van der Waals surface area contributed by atoms with E-state index in [0.717, 1.165) is 37.6 Å². The van der Waals surface area contributed by atoms with Crippen molar-refractivity contribution >= 4 is 17.6 Å². The van der Waals surface area contributed by atoms with Gasteiger partial charge in [0.2, 0.25) is 0 Å². The summed E-state index contributed by atoms with van der Waals surface area (Å²) in [6, 6.07) is 7.40. The Morgan fingerprint density at radius 1 is 1.12 bits per heavy atom. The number of carbonyl (C=O) groups is 2. The van der Waals surface area contributed by atoms with Crippen LogP contribution < -0.4 is 15.0 Å². The van der Waals surface area contributed by atoms with E-state index in [9.17, 15) is 9.59 Å². The third-order valence-corrected chi connectivity index (χ3v) is 4.97. The number of hydrogen-bond donors (Lipinski definition) is 1. The average molecular weight is 360 g/mol. The highest BCUT2D eigenvalue weighted by atomic mass is 16.5. The number of urea groups is 1. The summed E-state index contributed by atoms with van der Waals surface area (Å²) in [6.07, 6.45) is 0.687. The molecule has 2 heterocycles. The van der Waals surface area contributed by atoms with Crippen LogP contribution in [0.25, 0.3) is 0 Å². The van der Waals surface area contributed by atoms with Crippen LogP contribution in [0.4, 0.5) is 10.5 Å². The summed E-state index contributed by atoms with van der Waals surface area (Å²) in [6.45, 7) is 7.85. The quantitative estimate of drug-likeness (QED) is 0.783. The van der Waals surface area contributed by atoms with Gasteiger partial charge in [0.15, 0.2) is 0 Å². The van der Waals surface area contributed by atoms with E-state index in [0.29, 0.717) is 19.0 Å². The number of imide groups is 1. The summed E-state index contributed by atoms with van der Waals surface area (Å²) in [5.74, 6) is 1.13. The van der Waals surface area contributed by atoms with Crippen molar-refractivity contribution in [2.24, 2.45) is 5.92 Å². The number of amides is 3. The number of nitrogens with one attached hydrogen (secondary N) is 1. The van der Waals surface area contributed by atoms with Gasteiger partial charge in [0.05, 0.1) is 13.8 Å². The number of hydrogen-bond acceptors (Lipinski definition) is 5. The van der Waals surface area contributed by atoms with Gasteiger partial charge >= 0.3 is 6.03 Å². The predicted molar refractivity (Wildman–Crippen MR) is 100 cm³/mol. The highest BCUT2D eigenvalue weighted by molar-refractivity contribution is 6.04. The number of carbonyl (C=O) groups excluding carboxylic acids is 2. The van der Waals surface area contributed by atoms with Gasteiger partial charge in [-0.05, 0) is 36.6 Å². The van der Waals surface area contributed by atoms with Crippen molar-refractivity contribution in [3.8, 4) is 5.75 Å². The second-order valence-electron chi connectivity index (χ2n) is 7.34. The Balaban J connectivity index is 1.52. The number of benzene rings is 1. The fourth-order valence-electron chi connectivity index (χ4n) is 3.48. The van der Waals surface area contributed by atoms with Crippen LogP contribution in [0.5, 0.6) is 5.75 Å². The number of nitrogens with zero attached hydrogens (tertiary/aromatic N) is 3. The second kappa shape index (κ2) is 7.95. The Labute approximate surface area is 154 Å². The summed E-state index contributed by atoms with van der Waals surface area (Å²) >= 11 is 0. The van der Waals surface area contributed by atoms with Crippen LogP contribution in [0.1, 0.15) is 20.3 Å². The lowest BCUT2D eigenvalue weighted by atomic mass is 10.0. The zero-order chi connectivity index (χ0) is 18.7. The van der Waals surface area contributed by atoms with Crippen molar-refractivity contribution in [1.29, 1.82) is 0 Å². The molecule has 0 aliphatic carbocycles. The van der Waals surface area contributed by atoms with Crippen LogP contribution in [0.2, 0.25) is 0 Å². The molecule has 1 unspecified atom stereocenters. The maximum absolute atomic E-state index is 12.5. The standard InChI is InChI=1S/C19H28N4O3/c1-14(2)12-17-18(24)23(19(25)20-17)13-21-8-10-22(11-9-21)15-4-6-16(26-3)7-5-15/h4-7,14,17H,8-13H2,1-3H3,(H,20,25). The predicted octanol–water partition coefficient (Wildman–Crippen LogP) is 1.74. The van der Waals surface area contributed by atoms with E-state index < -0.39 is 0 Å². The molecule has 1 N–H and O–H groups in total. The summed E-state index contributed by atoms with van der Waals surface area (Å²) in [5.41, 5.74) is 1.16. The number of anilines is 1. The molecule has 1 aromatic rings. The third-order valence-electron chi connectivity index (χ3n) is 4.97. The minimum Gasteiger partial charge on any atom is -0.497 e. The maximum atomic E-state index is 12.5. The fourth-order valence-corrected chi connectivity index (χ4v) is 3.48. The molecule has 3 amide bonds. The SMILES string of the molecule is COc1ccc(N2CCN(CN3C(=O)NC(CC(C)C)C3=O)CC2)cc1. The van der Waals surface area contributed by atoms with E-state index in [-0.39, 0.29) is 18.0 Å². The van der Waals surface area contributed by atoms with E-state index in [1.165, 1.54) is 4.90 Å². The molecule has 2 aliphatic rings. The van der Waals surface area contributed by atoms with Crippen molar-refractivity contribution in [2.75, 3.05) is 44.9 Å². The second-order valence-corrected chi connectivity index (χ2v) is 7.34. The molecule has 2 saturated heterocycles. The van der Waals surface area contributed by atoms with Crippen LogP contribution in [0, 0.1) is 5.92 Å². The average Bonchev–Trinajstić information content (AvgIpc) is 2.89. The molecule has 0 spiro atoms.